The van der Waals surface area contributed by atoms with Gasteiger partial charge in [-0.2, -0.15) is 0 Å². The summed E-state index contributed by atoms with van der Waals surface area (Å²) in [4.78, 5) is 11.9. The minimum Gasteiger partial charge on any atom is -0.466 e. The average Bonchev–Trinajstić information content (AvgIpc) is 3.26. The molecule has 2 aromatic rings. The van der Waals surface area contributed by atoms with Gasteiger partial charge in [0.15, 0.2) is 0 Å². The Labute approximate surface area is 129 Å². The summed E-state index contributed by atoms with van der Waals surface area (Å²) in [7, 11) is 0. The van der Waals surface area contributed by atoms with Crippen LogP contribution >= 0.6 is 0 Å². The standard InChI is InChI=1S/C17H20N2O3/c20-16(18-11-13-5-2-1-3-6-13)19-12-17(21,14-8-9-14)15-7-4-10-22-15/h1-7,10,14,21H,8-9,11-12H2,(H2,18,19,20). The van der Waals surface area contributed by atoms with E-state index in [4.69, 9.17) is 4.42 Å². The van der Waals surface area contributed by atoms with E-state index in [0.717, 1.165) is 18.4 Å². The lowest BCUT2D eigenvalue weighted by Gasteiger charge is -2.26. The highest BCUT2D eigenvalue weighted by molar-refractivity contribution is 5.73. The second kappa shape index (κ2) is 6.23. The van der Waals surface area contributed by atoms with Crippen LogP contribution in [0.25, 0.3) is 0 Å². The van der Waals surface area contributed by atoms with Crippen LogP contribution in [-0.4, -0.2) is 17.7 Å². The van der Waals surface area contributed by atoms with Gasteiger partial charge in [-0.3, -0.25) is 0 Å². The van der Waals surface area contributed by atoms with Crippen LogP contribution in [0.4, 0.5) is 4.79 Å². The fourth-order valence-electron chi connectivity index (χ4n) is 2.57. The molecule has 2 amide bonds. The van der Waals surface area contributed by atoms with Gasteiger partial charge in [0.05, 0.1) is 12.8 Å². The number of aliphatic hydroxyl groups is 1. The number of hydrogen-bond donors (Lipinski definition) is 3. The minimum absolute atomic E-state index is 0.145. The van der Waals surface area contributed by atoms with Gasteiger partial charge < -0.3 is 20.2 Å². The number of amides is 2. The van der Waals surface area contributed by atoms with E-state index in [1.54, 1.807) is 12.1 Å². The predicted molar refractivity (Wildman–Crippen MR) is 82.0 cm³/mol. The second-order valence-corrected chi connectivity index (χ2v) is 5.70. The summed E-state index contributed by atoms with van der Waals surface area (Å²) in [6.45, 7) is 0.598. The van der Waals surface area contributed by atoms with Crippen molar-refractivity contribution in [2.75, 3.05) is 6.54 Å². The van der Waals surface area contributed by atoms with E-state index < -0.39 is 5.60 Å². The first-order valence-electron chi connectivity index (χ1n) is 7.50. The largest absolute Gasteiger partial charge is 0.466 e. The van der Waals surface area contributed by atoms with Crippen LogP contribution < -0.4 is 10.6 Å². The Kier molecular flexibility index (Phi) is 4.15. The first-order chi connectivity index (χ1) is 10.7. The smallest absolute Gasteiger partial charge is 0.315 e. The molecule has 3 N–H and O–H groups in total. The Bertz CT molecular complexity index is 608. The van der Waals surface area contributed by atoms with Crippen molar-refractivity contribution in [3.63, 3.8) is 0 Å². The molecule has 1 heterocycles. The molecule has 0 saturated heterocycles. The number of carbonyl (C=O) groups is 1. The van der Waals surface area contributed by atoms with Crippen molar-refractivity contribution in [2.45, 2.75) is 25.0 Å². The Hall–Kier alpha value is -2.27. The number of hydrogen-bond acceptors (Lipinski definition) is 3. The van der Waals surface area contributed by atoms with E-state index in [2.05, 4.69) is 10.6 Å². The maximum absolute atomic E-state index is 11.9. The van der Waals surface area contributed by atoms with Crippen LogP contribution in [-0.2, 0) is 12.1 Å². The Morgan fingerprint density at radius 2 is 1.95 bits per heavy atom. The third-order valence-corrected chi connectivity index (χ3v) is 4.01. The van der Waals surface area contributed by atoms with Crippen molar-refractivity contribution in [3.8, 4) is 0 Å². The Morgan fingerprint density at radius 1 is 1.18 bits per heavy atom. The summed E-state index contributed by atoms with van der Waals surface area (Å²) < 4.78 is 5.34. The molecule has 1 aliphatic rings. The number of rotatable bonds is 6. The van der Waals surface area contributed by atoms with Crippen LogP contribution in [0.3, 0.4) is 0 Å². The monoisotopic (exact) mass is 300 g/mol. The number of urea groups is 1. The average molecular weight is 300 g/mol. The quantitative estimate of drug-likeness (QED) is 0.767. The molecule has 0 aliphatic heterocycles. The Morgan fingerprint density at radius 3 is 2.59 bits per heavy atom. The topological polar surface area (TPSA) is 74.5 Å². The number of nitrogens with one attached hydrogen (secondary N) is 2. The van der Waals surface area contributed by atoms with Gasteiger partial charge in [0, 0.05) is 6.54 Å². The van der Waals surface area contributed by atoms with Crippen LogP contribution in [0.2, 0.25) is 0 Å². The fraction of sp³-hybridized carbons (Fsp3) is 0.353. The molecular formula is C17H20N2O3. The zero-order valence-electron chi connectivity index (χ0n) is 12.3. The third-order valence-electron chi connectivity index (χ3n) is 4.01. The van der Waals surface area contributed by atoms with Gasteiger partial charge >= 0.3 is 6.03 Å². The molecule has 5 heteroatoms. The number of benzene rings is 1. The number of carbonyl (C=O) groups excluding carboxylic acids is 1. The van der Waals surface area contributed by atoms with Crippen molar-refractivity contribution in [1.29, 1.82) is 0 Å². The summed E-state index contributed by atoms with van der Waals surface area (Å²) in [5.41, 5.74) is -0.0886. The van der Waals surface area contributed by atoms with Gasteiger partial charge in [-0.25, -0.2) is 4.79 Å². The molecule has 1 fully saturated rings. The van der Waals surface area contributed by atoms with Gasteiger partial charge in [0.25, 0.3) is 0 Å². The SMILES string of the molecule is O=C(NCc1ccccc1)NCC(O)(c1ccco1)C1CC1. The van der Waals surface area contributed by atoms with E-state index in [0.29, 0.717) is 12.3 Å². The van der Waals surface area contributed by atoms with Crippen LogP contribution in [0.15, 0.2) is 53.1 Å². The van der Waals surface area contributed by atoms with Crippen molar-refractivity contribution >= 4 is 6.03 Å². The molecule has 1 saturated carbocycles. The van der Waals surface area contributed by atoms with Gasteiger partial charge in [0.2, 0.25) is 0 Å². The van der Waals surface area contributed by atoms with E-state index in [9.17, 15) is 9.90 Å². The molecule has 22 heavy (non-hydrogen) atoms. The molecule has 116 valence electrons. The first-order valence-corrected chi connectivity index (χ1v) is 7.50. The lowest BCUT2D eigenvalue weighted by Crippen LogP contribution is -2.45. The van der Waals surface area contributed by atoms with Gasteiger partial charge in [-0.05, 0) is 36.5 Å². The molecule has 3 rings (SSSR count). The second-order valence-electron chi connectivity index (χ2n) is 5.70. The summed E-state index contributed by atoms with van der Waals surface area (Å²) in [5.74, 6) is 0.659. The van der Waals surface area contributed by atoms with Gasteiger partial charge in [0.1, 0.15) is 11.4 Å². The van der Waals surface area contributed by atoms with Crippen molar-refractivity contribution < 1.29 is 14.3 Å². The summed E-state index contributed by atoms with van der Waals surface area (Å²) in [6, 6.07) is 12.9. The zero-order valence-corrected chi connectivity index (χ0v) is 12.3. The van der Waals surface area contributed by atoms with Gasteiger partial charge in [-0.1, -0.05) is 30.3 Å². The number of furan rings is 1. The molecule has 1 unspecified atom stereocenters. The fourth-order valence-corrected chi connectivity index (χ4v) is 2.57. The van der Waals surface area contributed by atoms with E-state index in [-0.39, 0.29) is 18.5 Å². The molecule has 0 radical (unpaired) electrons. The third kappa shape index (κ3) is 3.31. The summed E-state index contributed by atoms with van der Waals surface area (Å²) in [5, 5.41) is 16.3. The van der Waals surface area contributed by atoms with Crippen LogP contribution in [0, 0.1) is 5.92 Å². The normalized spacial score (nSPS) is 16.8. The van der Waals surface area contributed by atoms with E-state index in [1.807, 2.05) is 30.3 Å². The molecular weight excluding hydrogens is 280 g/mol. The maximum atomic E-state index is 11.9. The van der Waals surface area contributed by atoms with Crippen molar-refractivity contribution in [1.82, 2.24) is 10.6 Å². The van der Waals surface area contributed by atoms with Crippen molar-refractivity contribution in [3.05, 3.63) is 60.1 Å². The molecule has 1 aliphatic carbocycles. The maximum Gasteiger partial charge on any atom is 0.315 e. The van der Waals surface area contributed by atoms with E-state index in [1.165, 1.54) is 6.26 Å². The molecule has 1 aromatic carbocycles. The molecule has 1 atom stereocenters. The molecule has 0 bridgehead atoms. The highest BCUT2D eigenvalue weighted by atomic mass is 16.4. The highest BCUT2D eigenvalue weighted by Gasteiger charge is 2.47. The lowest BCUT2D eigenvalue weighted by molar-refractivity contribution is -0.00449. The summed E-state index contributed by atoms with van der Waals surface area (Å²) in [6.07, 6.45) is 3.44. The lowest BCUT2D eigenvalue weighted by atomic mass is 9.94. The molecule has 0 spiro atoms. The zero-order chi connectivity index (χ0) is 15.4. The highest BCUT2D eigenvalue weighted by Crippen LogP contribution is 2.45. The first kappa shape index (κ1) is 14.7. The molecule has 1 aromatic heterocycles. The van der Waals surface area contributed by atoms with Crippen LogP contribution in [0.1, 0.15) is 24.2 Å². The minimum atomic E-state index is -1.12. The van der Waals surface area contributed by atoms with Crippen molar-refractivity contribution in [2.24, 2.45) is 5.92 Å². The van der Waals surface area contributed by atoms with E-state index >= 15 is 0 Å². The van der Waals surface area contributed by atoms with Crippen LogP contribution in [0.5, 0.6) is 0 Å². The predicted octanol–water partition coefficient (Wildman–Crippen LogP) is 2.38. The van der Waals surface area contributed by atoms with Gasteiger partial charge in [-0.15, -0.1) is 0 Å². The summed E-state index contributed by atoms with van der Waals surface area (Å²) >= 11 is 0. The molecule has 5 nitrogen and oxygen atoms in total. The Balaban J connectivity index is 1.53.